The molecular formula is C17H26ClNO3. The van der Waals surface area contributed by atoms with Crippen LogP contribution in [-0.2, 0) is 9.53 Å². The Morgan fingerprint density at radius 2 is 1.95 bits per heavy atom. The predicted molar refractivity (Wildman–Crippen MR) is 90.8 cm³/mol. The normalized spacial score (nSPS) is 11.1. The van der Waals surface area contributed by atoms with Crippen molar-refractivity contribution in [2.24, 2.45) is 5.92 Å². The van der Waals surface area contributed by atoms with Crippen molar-refractivity contribution in [3.8, 4) is 5.75 Å². The second kappa shape index (κ2) is 9.01. The summed E-state index contributed by atoms with van der Waals surface area (Å²) in [6.45, 7) is 10.7. The molecule has 0 aliphatic carbocycles. The molecule has 1 amide bonds. The first-order valence-electron chi connectivity index (χ1n) is 7.57. The summed E-state index contributed by atoms with van der Waals surface area (Å²) in [5, 5.41) is 0. The van der Waals surface area contributed by atoms with Gasteiger partial charge in [0.05, 0.1) is 18.4 Å². The molecular weight excluding hydrogens is 302 g/mol. The number of amides is 1. The van der Waals surface area contributed by atoms with Gasteiger partial charge in [0.1, 0.15) is 18.4 Å². The van der Waals surface area contributed by atoms with Crippen LogP contribution in [0.4, 0.5) is 5.69 Å². The first kappa shape index (κ1) is 18.8. The molecule has 0 N–H and O–H groups in total. The molecule has 0 spiro atoms. The van der Waals surface area contributed by atoms with Gasteiger partial charge in [0, 0.05) is 0 Å². The summed E-state index contributed by atoms with van der Waals surface area (Å²) in [4.78, 5) is 13.8. The summed E-state index contributed by atoms with van der Waals surface area (Å²) < 4.78 is 11.5. The van der Waals surface area contributed by atoms with Crippen LogP contribution >= 0.6 is 11.6 Å². The maximum atomic E-state index is 12.2. The molecule has 1 aromatic rings. The molecule has 1 aromatic carbocycles. The second-order valence-corrected chi connectivity index (χ2v) is 6.19. The van der Waals surface area contributed by atoms with Crippen LogP contribution in [0, 0.1) is 12.8 Å². The number of ether oxygens (including phenoxy) is 2. The number of carbonyl (C=O) groups is 1. The van der Waals surface area contributed by atoms with Crippen molar-refractivity contribution < 1.29 is 14.3 Å². The Hall–Kier alpha value is -1.26. The number of hydrogen-bond donors (Lipinski definition) is 0. The predicted octanol–water partition coefficient (Wildman–Crippen LogP) is 3.98. The zero-order valence-electron chi connectivity index (χ0n) is 14.1. The Bertz CT molecular complexity index is 489. The van der Waals surface area contributed by atoms with Gasteiger partial charge in [-0.1, -0.05) is 26.0 Å². The van der Waals surface area contributed by atoms with Gasteiger partial charge in [-0.25, -0.2) is 0 Å². The number of nitrogens with zero attached hydrogens (tertiary/aromatic N) is 1. The first-order valence-corrected chi connectivity index (χ1v) is 8.10. The van der Waals surface area contributed by atoms with Crippen LogP contribution in [0.15, 0.2) is 18.2 Å². The van der Waals surface area contributed by atoms with Gasteiger partial charge in [-0.2, -0.15) is 0 Å². The number of rotatable bonds is 8. The SMILES string of the molecule is Cc1cccc(OCC(C)C)c1N(COC(C)C)C(=O)CCl. The minimum Gasteiger partial charge on any atom is -0.491 e. The lowest BCUT2D eigenvalue weighted by Gasteiger charge is -2.27. The number of aryl methyl sites for hydroxylation is 1. The van der Waals surface area contributed by atoms with E-state index >= 15 is 0 Å². The number of hydrogen-bond acceptors (Lipinski definition) is 3. The van der Waals surface area contributed by atoms with E-state index in [2.05, 4.69) is 13.8 Å². The molecule has 0 bridgehead atoms. The number of alkyl halides is 1. The van der Waals surface area contributed by atoms with Crippen LogP contribution in [-0.4, -0.2) is 31.2 Å². The fourth-order valence-corrected chi connectivity index (χ4v) is 2.05. The van der Waals surface area contributed by atoms with E-state index in [-0.39, 0.29) is 24.6 Å². The third kappa shape index (κ3) is 5.50. The molecule has 5 heteroatoms. The highest BCUT2D eigenvalue weighted by Gasteiger charge is 2.21. The zero-order valence-corrected chi connectivity index (χ0v) is 14.8. The fourth-order valence-electron chi connectivity index (χ4n) is 1.91. The van der Waals surface area contributed by atoms with Gasteiger partial charge in [0.2, 0.25) is 5.91 Å². The van der Waals surface area contributed by atoms with Gasteiger partial charge in [-0.05, 0) is 38.3 Å². The molecule has 124 valence electrons. The minimum absolute atomic E-state index is 0.0228. The number of para-hydroxylation sites is 1. The molecule has 0 aromatic heterocycles. The lowest BCUT2D eigenvalue weighted by molar-refractivity contribution is -0.117. The van der Waals surface area contributed by atoms with Crippen molar-refractivity contribution in [3.05, 3.63) is 23.8 Å². The standard InChI is InChI=1S/C17H26ClNO3/c1-12(2)10-21-15-8-6-7-14(5)17(15)19(16(20)9-18)11-22-13(3)4/h6-8,12-13H,9-11H2,1-5H3. The summed E-state index contributed by atoms with van der Waals surface area (Å²) in [7, 11) is 0. The lowest BCUT2D eigenvalue weighted by Crippen LogP contribution is -2.36. The second-order valence-electron chi connectivity index (χ2n) is 5.93. The highest BCUT2D eigenvalue weighted by Crippen LogP contribution is 2.32. The summed E-state index contributed by atoms with van der Waals surface area (Å²) in [5.74, 6) is 0.780. The number of carbonyl (C=O) groups excluding carboxylic acids is 1. The van der Waals surface area contributed by atoms with Crippen molar-refractivity contribution in [1.82, 2.24) is 0 Å². The molecule has 0 fully saturated rings. The molecule has 0 saturated carbocycles. The van der Waals surface area contributed by atoms with Gasteiger partial charge >= 0.3 is 0 Å². The Morgan fingerprint density at radius 3 is 2.50 bits per heavy atom. The molecule has 0 atom stereocenters. The molecule has 0 heterocycles. The van der Waals surface area contributed by atoms with E-state index in [0.29, 0.717) is 18.3 Å². The van der Waals surface area contributed by atoms with Gasteiger partial charge in [0.25, 0.3) is 0 Å². The number of anilines is 1. The average molecular weight is 328 g/mol. The van der Waals surface area contributed by atoms with E-state index in [1.54, 1.807) is 4.90 Å². The quantitative estimate of drug-likeness (QED) is 0.535. The molecule has 1 rings (SSSR count). The molecule has 0 aliphatic rings. The van der Waals surface area contributed by atoms with Crippen molar-refractivity contribution in [2.45, 2.75) is 40.7 Å². The van der Waals surface area contributed by atoms with E-state index in [9.17, 15) is 4.79 Å². The van der Waals surface area contributed by atoms with Crippen LogP contribution in [0.5, 0.6) is 5.75 Å². The molecule has 0 saturated heterocycles. The molecule has 0 aliphatic heterocycles. The third-order valence-corrected chi connectivity index (χ3v) is 3.22. The van der Waals surface area contributed by atoms with Crippen LogP contribution in [0.2, 0.25) is 0 Å². The number of benzene rings is 1. The summed E-state index contributed by atoms with van der Waals surface area (Å²) in [6, 6.07) is 5.73. The van der Waals surface area contributed by atoms with Gasteiger partial charge in [-0.3, -0.25) is 9.69 Å². The molecule has 0 unspecified atom stereocenters. The minimum atomic E-state index is -0.203. The summed E-state index contributed by atoms with van der Waals surface area (Å²) in [5.41, 5.74) is 1.68. The van der Waals surface area contributed by atoms with Gasteiger partial charge in [-0.15, -0.1) is 11.6 Å². The Balaban J connectivity index is 3.12. The molecule has 4 nitrogen and oxygen atoms in total. The van der Waals surface area contributed by atoms with Crippen LogP contribution in [0.1, 0.15) is 33.3 Å². The Kier molecular flexibility index (Phi) is 7.69. The van der Waals surface area contributed by atoms with E-state index in [1.807, 2.05) is 39.0 Å². The topological polar surface area (TPSA) is 38.8 Å². The van der Waals surface area contributed by atoms with Crippen LogP contribution < -0.4 is 9.64 Å². The molecule has 22 heavy (non-hydrogen) atoms. The summed E-state index contributed by atoms with van der Waals surface area (Å²) in [6.07, 6.45) is 0.0228. The van der Waals surface area contributed by atoms with E-state index in [0.717, 1.165) is 11.3 Å². The smallest absolute Gasteiger partial charge is 0.243 e. The first-order chi connectivity index (χ1) is 10.4. The average Bonchev–Trinajstić information content (AvgIpc) is 2.46. The third-order valence-electron chi connectivity index (χ3n) is 3.00. The zero-order chi connectivity index (χ0) is 16.7. The van der Waals surface area contributed by atoms with Crippen molar-refractivity contribution >= 4 is 23.2 Å². The van der Waals surface area contributed by atoms with Crippen molar-refractivity contribution in [3.63, 3.8) is 0 Å². The largest absolute Gasteiger partial charge is 0.491 e. The number of halogens is 1. The van der Waals surface area contributed by atoms with Gasteiger partial charge < -0.3 is 9.47 Å². The lowest BCUT2D eigenvalue weighted by atomic mass is 10.1. The Morgan fingerprint density at radius 1 is 1.27 bits per heavy atom. The fraction of sp³-hybridized carbons (Fsp3) is 0.588. The van der Waals surface area contributed by atoms with Crippen LogP contribution in [0.25, 0.3) is 0 Å². The maximum Gasteiger partial charge on any atom is 0.243 e. The van der Waals surface area contributed by atoms with Gasteiger partial charge in [0.15, 0.2) is 0 Å². The highest BCUT2D eigenvalue weighted by molar-refractivity contribution is 6.29. The monoisotopic (exact) mass is 327 g/mol. The van der Waals surface area contributed by atoms with E-state index in [1.165, 1.54) is 0 Å². The summed E-state index contributed by atoms with van der Waals surface area (Å²) >= 11 is 5.76. The van der Waals surface area contributed by atoms with E-state index in [4.69, 9.17) is 21.1 Å². The van der Waals surface area contributed by atoms with Crippen molar-refractivity contribution in [2.75, 3.05) is 24.1 Å². The highest BCUT2D eigenvalue weighted by atomic mass is 35.5. The van der Waals surface area contributed by atoms with E-state index < -0.39 is 0 Å². The molecule has 0 radical (unpaired) electrons. The maximum absolute atomic E-state index is 12.2. The Labute approximate surface area is 138 Å². The van der Waals surface area contributed by atoms with Crippen LogP contribution in [0.3, 0.4) is 0 Å². The van der Waals surface area contributed by atoms with Crippen molar-refractivity contribution in [1.29, 1.82) is 0 Å².